The number of unbranched alkanes of at least 4 members (excludes halogenated alkanes) is 1. The van der Waals surface area contributed by atoms with Crippen LogP contribution in [0.15, 0.2) is 0 Å². The summed E-state index contributed by atoms with van der Waals surface area (Å²) < 4.78 is 17.5. The number of imidazole rings is 1. The molecule has 0 aliphatic heterocycles. The van der Waals surface area contributed by atoms with Crippen LogP contribution in [0.1, 0.15) is 31.3 Å². The van der Waals surface area contributed by atoms with Crippen molar-refractivity contribution in [3.63, 3.8) is 0 Å². The standard InChI is InChI=1S/C13H23ClN2O3/c1-4-5-6-12-15-13(14)11(16(12)2)9-19-10-18-8-7-17-3/h4-10H2,1-3H3. The Morgan fingerprint density at radius 3 is 2.74 bits per heavy atom. The van der Waals surface area contributed by atoms with E-state index >= 15 is 0 Å². The molecular weight excluding hydrogens is 268 g/mol. The molecule has 0 bridgehead atoms. The summed E-state index contributed by atoms with van der Waals surface area (Å²) in [5.74, 6) is 1.01. The van der Waals surface area contributed by atoms with Crippen LogP contribution in [0.25, 0.3) is 0 Å². The summed E-state index contributed by atoms with van der Waals surface area (Å²) in [6.07, 6.45) is 3.20. The molecule has 110 valence electrons. The van der Waals surface area contributed by atoms with E-state index < -0.39 is 0 Å². The Balaban J connectivity index is 2.38. The lowest BCUT2D eigenvalue weighted by Crippen LogP contribution is -2.08. The number of ether oxygens (including phenoxy) is 3. The molecule has 0 saturated heterocycles. The predicted octanol–water partition coefficient (Wildman–Crippen LogP) is 2.55. The van der Waals surface area contributed by atoms with Crippen LogP contribution >= 0.6 is 11.6 Å². The van der Waals surface area contributed by atoms with Crippen LogP contribution in [0.2, 0.25) is 5.15 Å². The van der Waals surface area contributed by atoms with Gasteiger partial charge in [0.05, 0.1) is 25.5 Å². The van der Waals surface area contributed by atoms with Crippen molar-refractivity contribution < 1.29 is 14.2 Å². The molecule has 0 amide bonds. The highest BCUT2D eigenvalue weighted by Crippen LogP contribution is 2.18. The SMILES string of the molecule is CCCCc1nc(Cl)c(COCOCCOC)n1C. The molecule has 1 rings (SSSR count). The van der Waals surface area contributed by atoms with Crippen molar-refractivity contribution in [1.82, 2.24) is 9.55 Å². The van der Waals surface area contributed by atoms with Gasteiger partial charge >= 0.3 is 0 Å². The Morgan fingerprint density at radius 2 is 2.05 bits per heavy atom. The minimum atomic E-state index is 0.231. The molecule has 0 fully saturated rings. The van der Waals surface area contributed by atoms with Gasteiger partial charge in [-0.3, -0.25) is 0 Å². The largest absolute Gasteiger partial charge is 0.382 e. The normalized spacial score (nSPS) is 11.2. The van der Waals surface area contributed by atoms with Gasteiger partial charge in [-0.25, -0.2) is 4.98 Å². The number of aryl methyl sites for hydroxylation is 1. The third kappa shape index (κ3) is 5.48. The van der Waals surface area contributed by atoms with Crippen LogP contribution in [0, 0.1) is 0 Å². The lowest BCUT2D eigenvalue weighted by molar-refractivity contribution is -0.0736. The number of hydrogen-bond acceptors (Lipinski definition) is 4. The van der Waals surface area contributed by atoms with Gasteiger partial charge in [-0.1, -0.05) is 24.9 Å². The third-order valence-electron chi connectivity index (χ3n) is 2.85. The fourth-order valence-corrected chi connectivity index (χ4v) is 1.94. The summed E-state index contributed by atoms with van der Waals surface area (Å²) in [6, 6.07) is 0. The third-order valence-corrected chi connectivity index (χ3v) is 3.15. The Bertz CT molecular complexity index is 369. The highest BCUT2D eigenvalue weighted by atomic mass is 35.5. The first kappa shape index (κ1) is 16.4. The van der Waals surface area contributed by atoms with Crippen molar-refractivity contribution in [2.24, 2.45) is 7.05 Å². The number of aromatic nitrogens is 2. The smallest absolute Gasteiger partial charge is 0.152 e. The zero-order chi connectivity index (χ0) is 14.1. The number of rotatable bonds is 10. The zero-order valence-corrected chi connectivity index (χ0v) is 12.7. The Labute approximate surface area is 119 Å². The molecular formula is C13H23ClN2O3. The molecule has 0 saturated carbocycles. The van der Waals surface area contributed by atoms with E-state index in [4.69, 9.17) is 25.8 Å². The van der Waals surface area contributed by atoms with Gasteiger partial charge in [0.25, 0.3) is 0 Å². The molecule has 0 N–H and O–H groups in total. The van der Waals surface area contributed by atoms with Crippen LogP contribution < -0.4 is 0 Å². The second-order valence-electron chi connectivity index (χ2n) is 4.30. The highest BCUT2D eigenvalue weighted by molar-refractivity contribution is 6.30. The molecule has 0 atom stereocenters. The van der Waals surface area contributed by atoms with Crippen LogP contribution in [0.4, 0.5) is 0 Å². The first-order valence-corrected chi connectivity index (χ1v) is 6.92. The first-order chi connectivity index (χ1) is 9.20. The Kier molecular flexibility index (Phi) is 8.05. The molecule has 0 aliphatic rings. The fraction of sp³-hybridized carbons (Fsp3) is 0.769. The molecule has 0 spiro atoms. The van der Waals surface area contributed by atoms with E-state index in [-0.39, 0.29) is 6.79 Å². The molecule has 0 unspecified atom stereocenters. The van der Waals surface area contributed by atoms with Crippen LogP contribution in [-0.2, 0) is 34.3 Å². The monoisotopic (exact) mass is 290 g/mol. The van der Waals surface area contributed by atoms with Crippen molar-refractivity contribution in [3.8, 4) is 0 Å². The minimum Gasteiger partial charge on any atom is -0.382 e. The predicted molar refractivity (Wildman–Crippen MR) is 74.3 cm³/mol. The van der Waals surface area contributed by atoms with Gasteiger partial charge in [0.15, 0.2) is 5.15 Å². The molecule has 0 aliphatic carbocycles. The molecule has 1 heterocycles. The maximum atomic E-state index is 6.12. The minimum absolute atomic E-state index is 0.231. The molecule has 5 nitrogen and oxygen atoms in total. The maximum Gasteiger partial charge on any atom is 0.152 e. The lowest BCUT2D eigenvalue weighted by Gasteiger charge is -2.07. The maximum absolute atomic E-state index is 6.12. The summed E-state index contributed by atoms with van der Waals surface area (Å²) in [7, 11) is 3.60. The van der Waals surface area contributed by atoms with Crippen LogP contribution in [-0.4, -0.2) is 36.7 Å². The van der Waals surface area contributed by atoms with Crippen molar-refractivity contribution in [2.45, 2.75) is 32.8 Å². The number of nitrogens with zero attached hydrogens (tertiary/aromatic N) is 2. The number of hydrogen-bond donors (Lipinski definition) is 0. The van der Waals surface area contributed by atoms with Crippen molar-refractivity contribution in [3.05, 3.63) is 16.7 Å². The van der Waals surface area contributed by atoms with E-state index in [1.165, 1.54) is 0 Å². The first-order valence-electron chi connectivity index (χ1n) is 6.55. The topological polar surface area (TPSA) is 45.5 Å². The van der Waals surface area contributed by atoms with Crippen molar-refractivity contribution >= 4 is 11.6 Å². The molecule has 0 radical (unpaired) electrons. The summed E-state index contributed by atoms with van der Waals surface area (Å²) in [5.41, 5.74) is 0.892. The fourth-order valence-electron chi connectivity index (χ4n) is 1.66. The van der Waals surface area contributed by atoms with Gasteiger partial charge in [-0.15, -0.1) is 0 Å². The summed E-state index contributed by atoms with van der Waals surface area (Å²) in [4.78, 5) is 4.36. The Hall–Kier alpha value is -0.620. The second-order valence-corrected chi connectivity index (χ2v) is 4.65. The van der Waals surface area contributed by atoms with Gasteiger partial charge in [-0.05, 0) is 6.42 Å². The van der Waals surface area contributed by atoms with E-state index in [1.54, 1.807) is 7.11 Å². The molecule has 1 aromatic rings. The zero-order valence-electron chi connectivity index (χ0n) is 11.9. The average molecular weight is 291 g/mol. The average Bonchev–Trinajstić information content (AvgIpc) is 2.67. The lowest BCUT2D eigenvalue weighted by atomic mass is 10.2. The van der Waals surface area contributed by atoms with Gasteiger partial charge in [0.1, 0.15) is 12.6 Å². The van der Waals surface area contributed by atoms with Crippen molar-refractivity contribution in [2.75, 3.05) is 27.1 Å². The van der Waals surface area contributed by atoms with E-state index in [0.717, 1.165) is 30.8 Å². The van der Waals surface area contributed by atoms with E-state index in [1.807, 2.05) is 11.6 Å². The summed E-state index contributed by atoms with van der Waals surface area (Å²) >= 11 is 6.12. The van der Waals surface area contributed by atoms with Crippen LogP contribution in [0.3, 0.4) is 0 Å². The number of halogens is 1. The Morgan fingerprint density at radius 1 is 1.26 bits per heavy atom. The quantitative estimate of drug-likeness (QED) is 0.491. The van der Waals surface area contributed by atoms with Gasteiger partial charge in [0.2, 0.25) is 0 Å². The van der Waals surface area contributed by atoms with Gasteiger partial charge in [0, 0.05) is 20.6 Å². The van der Waals surface area contributed by atoms with Crippen molar-refractivity contribution in [1.29, 1.82) is 0 Å². The van der Waals surface area contributed by atoms with Crippen LogP contribution in [0.5, 0.6) is 0 Å². The van der Waals surface area contributed by atoms with E-state index in [2.05, 4.69) is 11.9 Å². The summed E-state index contributed by atoms with van der Waals surface area (Å²) in [6.45, 7) is 3.89. The van der Waals surface area contributed by atoms with Gasteiger partial charge in [-0.2, -0.15) is 0 Å². The van der Waals surface area contributed by atoms with E-state index in [9.17, 15) is 0 Å². The highest BCUT2D eigenvalue weighted by Gasteiger charge is 2.12. The van der Waals surface area contributed by atoms with E-state index in [0.29, 0.717) is 25.0 Å². The molecule has 1 aromatic heterocycles. The second kappa shape index (κ2) is 9.31. The number of methoxy groups -OCH3 is 1. The molecule has 6 heteroatoms. The summed E-state index contributed by atoms with van der Waals surface area (Å²) in [5, 5.41) is 0.519. The molecule has 0 aromatic carbocycles. The molecule has 19 heavy (non-hydrogen) atoms. The van der Waals surface area contributed by atoms with Gasteiger partial charge < -0.3 is 18.8 Å².